The van der Waals surface area contributed by atoms with Gasteiger partial charge in [0.2, 0.25) is 0 Å². The fourth-order valence-electron chi connectivity index (χ4n) is 4.92. The molecule has 0 aromatic heterocycles. The molecule has 146 valence electrons. The third-order valence-electron chi connectivity index (χ3n) is 6.04. The average molecular weight is 400 g/mol. The minimum atomic E-state index is -4.30. The van der Waals surface area contributed by atoms with Crippen molar-refractivity contribution in [3.63, 3.8) is 0 Å². The third kappa shape index (κ3) is 3.72. The second-order valence-electron chi connectivity index (χ2n) is 7.52. The Morgan fingerprint density at radius 1 is 1.11 bits per heavy atom. The van der Waals surface area contributed by atoms with Crippen LogP contribution in [0.4, 0.5) is 17.6 Å². The molecule has 6 heteroatoms. The highest BCUT2D eigenvalue weighted by atomic mass is 35.5. The van der Waals surface area contributed by atoms with Gasteiger partial charge in [-0.05, 0) is 67.1 Å². The summed E-state index contributed by atoms with van der Waals surface area (Å²) in [5, 5.41) is 0. The maximum absolute atomic E-state index is 13.5. The number of likely N-dealkylation sites (N-methyl/N-ethyl adjacent to an activating group) is 1. The van der Waals surface area contributed by atoms with E-state index in [1.807, 2.05) is 19.2 Å². The van der Waals surface area contributed by atoms with Crippen LogP contribution in [0.3, 0.4) is 0 Å². The van der Waals surface area contributed by atoms with E-state index in [9.17, 15) is 17.6 Å². The number of likely N-dealkylation sites (tertiary alicyclic amines) is 1. The van der Waals surface area contributed by atoms with Gasteiger partial charge in [0.15, 0.2) is 0 Å². The third-order valence-corrected chi connectivity index (χ3v) is 6.04. The summed E-state index contributed by atoms with van der Waals surface area (Å²) >= 11 is 0. The smallest absolute Gasteiger partial charge is 0.302 e. The van der Waals surface area contributed by atoms with E-state index in [1.165, 1.54) is 18.2 Å². The molecular formula is C21H22ClF4N. The lowest BCUT2D eigenvalue weighted by atomic mass is 9.72. The van der Waals surface area contributed by atoms with Crippen molar-refractivity contribution in [3.8, 4) is 0 Å². The monoisotopic (exact) mass is 399 g/mol. The molecule has 0 spiro atoms. The molecule has 27 heavy (non-hydrogen) atoms. The lowest BCUT2D eigenvalue weighted by Crippen LogP contribution is -2.33. The molecule has 1 nitrogen and oxygen atoms in total. The normalized spacial score (nSPS) is 24.9. The fraction of sp³-hybridized carbons (Fsp3) is 0.429. The van der Waals surface area contributed by atoms with Crippen molar-refractivity contribution in [2.45, 2.75) is 37.4 Å². The highest BCUT2D eigenvalue weighted by molar-refractivity contribution is 5.85. The molecule has 1 heterocycles. The van der Waals surface area contributed by atoms with E-state index in [0.717, 1.165) is 30.5 Å². The largest absolute Gasteiger partial charge is 0.416 e. The van der Waals surface area contributed by atoms with E-state index >= 15 is 0 Å². The fourth-order valence-corrected chi connectivity index (χ4v) is 4.92. The number of fused-ring (bicyclic) bond motifs is 3. The van der Waals surface area contributed by atoms with E-state index in [4.69, 9.17) is 0 Å². The van der Waals surface area contributed by atoms with Crippen LogP contribution in [-0.2, 0) is 19.0 Å². The van der Waals surface area contributed by atoms with E-state index in [0.29, 0.717) is 17.9 Å². The van der Waals surface area contributed by atoms with Crippen molar-refractivity contribution in [2.75, 3.05) is 13.6 Å². The first-order valence-electron chi connectivity index (χ1n) is 8.98. The Morgan fingerprint density at radius 2 is 1.85 bits per heavy atom. The molecule has 0 N–H and O–H groups in total. The molecule has 2 aromatic rings. The van der Waals surface area contributed by atoms with Crippen LogP contribution in [0, 0.1) is 11.7 Å². The van der Waals surface area contributed by atoms with Crippen molar-refractivity contribution >= 4 is 12.4 Å². The maximum atomic E-state index is 13.5. The van der Waals surface area contributed by atoms with Gasteiger partial charge in [-0.15, -0.1) is 12.4 Å². The SMILES string of the molecule is CN1C[C@@H]2c3cccc(C(F)(F)F)c3CCC2[C@H]1Cc1cccc(F)c1.Cl. The first-order chi connectivity index (χ1) is 12.3. The maximum Gasteiger partial charge on any atom is 0.416 e. The van der Waals surface area contributed by atoms with Crippen LogP contribution in [0.15, 0.2) is 42.5 Å². The van der Waals surface area contributed by atoms with Crippen LogP contribution in [0.25, 0.3) is 0 Å². The molecule has 1 aliphatic carbocycles. The summed E-state index contributed by atoms with van der Waals surface area (Å²) < 4.78 is 53.6. The van der Waals surface area contributed by atoms with Crippen LogP contribution < -0.4 is 0 Å². The molecule has 1 fully saturated rings. The van der Waals surface area contributed by atoms with Crippen LogP contribution >= 0.6 is 12.4 Å². The first-order valence-corrected chi connectivity index (χ1v) is 8.98. The summed E-state index contributed by atoms with van der Waals surface area (Å²) in [6, 6.07) is 11.4. The molecule has 2 aromatic carbocycles. The summed E-state index contributed by atoms with van der Waals surface area (Å²) in [5.74, 6) is 0.173. The first kappa shape index (κ1) is 20.2. The number of benzene rings is 2. The predicted octanol–water partition coefficient (Wildman–Crippen LogP) is 5.47. The summed E-state index contributed by atoms with van der Waals surface area (Å²) in [6.45, 7) is 0.749. The Hall–Kier alpha value is -1.59. The van der Waals surface area contributed by atoms with Gasteiger partial charge in [-0.2, -0.15) is 13.2 Å². The summed E-state index contributed by atoms with van der Waals surface area (Å²) in [4.78, 5) is 2.23. The Morgan fingerprint density at radius 3 is 2.56 bits per heavy atom. The lowest BCUT2D eigenvalue weighted by Gasteiger charge is -2.33. The average Bonchev–Trinajstić information content (AvgIpc) is 2.90. The van der Waals surface area contributed by atoms with Crippen molar-refractivity contribution < 1.29 is 17.6 Å². The van der Waals surface area contributed by atoms with Crippen molar-refractivity contribution in [1.29, 1.82) is 0 Å². The highest BCUT2D eigenvalue weighted by Crippen LogP contribution is 2.48. The van der Waals surface area contributed by atoms with E-state index in [-0.39, 0.29) is 30.2 Å². The molecular weight excluding hydrogens is 378 g/mol. The molecule has 4 rings (SSSR count). The van der Waals surface area contributed by atoms with Gasteiger partial charge in [0.1, 0.15) is 5.82 Å². The molecule has 3 atom stereocenters. The zero-order valence-electron chi connectivity index (χ0n) is 15.0. The topological polar surface area (TPSA) is 3.24 Å². The molecule has 0 radical (unpaired) electrons. The number of hydrogen-bond donors (Lipinski definition) is 0. The minimum absolute atomic E-state index is 0. The molecule has 0 amide bonds. The van der Waals surface area contributed by atoms with E-state index in [1.54, 1.807) is 12.1 Å². The molecule has 1 aliphatic heterocycles. The number of hydrogen-bond acceptors (Lipinski definition) is 1. The van der Waals surface area contributed by atoms with Gasteiger partial charge in [0.05, 0.1) is 5.56 Å². The molecule has 1 unspecified atom stereocenters. The number of alkyl halides is 3. The van der Waals surface area contributed by atoms with Gasteiger partial charge in [0.25, 0.3) is 0 Å². The zero-order chi connectivity index (χ0) is 18.5. The Balaban J connectivity index is 0.00000210. The van der Waals surface area contributed by atoms with Gasteiger partial charge in [-0.25, -0.2) is 4.39 Å². The lowest BCUT2D eigenvalue weighted by molar-refractivity contribution is -0.138. The zero-order valence-corrected chi connectivity index (χ0v) is 15.8. The van der Waals surface area contributed by atoms with Crippen LogP contribution in [0.2, 0.25) is 0 Å². The van der Waals surface area contributed by atoms with Crippen molar-refractivity contribution in [1.82, 2.24) is 4.90 Å². The van der Waals surface area contributed by atoms with Crippen LogP contribution in [0.5, 0.6) is 0 Å². The van der Waals surface area contributed by atoms with Gasteiger partial charge in [-0.3, -0.25) is 0 Å². The van der Waals surface area contributed by atoms with Crippen LogP contribution in [0.1, 0.15) is 34.6 Å². The second-order valence-corrected chi connectivity index (χ2v) is 7.52. The number of rotatable bonds is 2. The van der Waals surface area contributed by atoms with Gasteiger partial charge < -0.3 is 4.90 Å². The molecule has 0 bridgehead atoms. The van der Waals surface area contributed by atoms with Gasteiger partial charge in [0, 0.05) is 18.5 Å². The molecule has 1 saturated heterocycles. The second kappa shape index (κ2) is 7.44. The molecule has 0 saturated carbocycles. The number of halogens is 5. The molecule has 2 aliphatic rings. The Bertz CT molecular complexity index is 820. The van der Waals surface area contributed by atoms with E-state index in [2.05, 4.69) is 4.90 Å². The quantitative estimate of drug-likeness (QED) is 0.605. The van der Waals surface area contributed by atoms with Crippen molar-refractivity contribution in [2.24, 2.45) is 5.92 Å². The van der Waals surface area contributed by atoms with Gasteiger partial charge in [-0.1, -0.05) is 24.3 Å². The Kier molecular flexibility index (Phi) is 5.55. The summed E-state index contributed by atoms with van der Waals surface area (Å²) in [5.41, 5.74) is 1.78. The summed E-state index contributed by atoms with van der Waals surface area (Å²) in [6.07, 6.45) is -2.37. The Labute approximate surface area is 162 Å². The minimum Gasteiger partial charge on any atom is -0.302 e. The van der Waals surface area contributed by atoms with Crippen molar-refractivity contribution in [3.05, 3.63) is 70.5 Å². The number of nitrogens with zero attached hydrogens (tertiary/aromatic N) is 1. The van der Waals surface area contributed by atoms with E-state index < -0.39 is 11.7 Å². The summed E-state index contributed by atoms with van der Waals surface area (Å²) in [7, 11) is 2.02. The standard InChI is InChI=1S/C21H21F4N.ClH/c1-26-12-18-15-6-3-7-19(21(23,24)25)16(15)8-9-17(18)20(26)11-13-4-2-5-14(22)10-13;/h2-7,10,17-18,20H,8-9,11-12H2,1H3;1H/t17?,18-,20-;/m1./s1. The van der Waals surface area contributed by atoms with Gasteiger partial charge >= 0.3 is 6.18 Å². The van der Waals surface area contributed by atoms with Crippen LogP contribution in [-0.4, -0.2) is 24.5 Å². The highest BCUT2D eigenvalue weighted by Gasteiger charge is 2.45. The predicted molar refractivity (Wildman–Crippen MR) is 99.8 cm³/mol.